The minimum atomic E-state index is -2.80. The lowest BCUT2D eigenvalue weighted by atomic mass is 9.56. The zero-order valence-electron chi connectivity index (χ0n) is 27.1. The Morgan fingerprint density at radius 3 is 2.04 bits per heavy atom. The Bertz CT molecular complexity index is 2400. The van der Waals surface area contributed by atoms with Crippen molar-refractivity contribution in [2.45, 2.75) is 35.4 Å². The van der Waals surface area contributed by atoms with Crippen LogP contribution >= 0.6 is 23.2 Å². The summed E-state index contributed by atoms with van der Waals surface area (Å²) in [7, 11) is 0. The molecule has 4 aliphatic rings. The standard InChI is InChI=1S/C38H23Cl2F5N2O6/c1-15(48)16-6-9-18(10-7-16)46-33(50)21-12-11-20-22(24(21)34(46)51)14-37(39)35(52)47(32-30(44)28(42)27(41)29(43)31(32)45)36(53)38(37,40)26(20)25-19-5-3-2-4-17(19)8-13-23(25)49/h2-11,13,21-22,24,26,49H,12,14H2,1H3/t21-,22+,24-,26+,37+,38-/m0/s1. The topological polar surface area (TPSA) is 112 Å². The average Bonchev–Trinajstić information content (AvgIpc) is 3.48. The number of phenols is 1. The molecule has 15 heteroatoms. The molecule has 2 heterocycles. The predicted molar refractivity (Wildman–Crippen MR) is 181 cm³/mol. The Balaban J connectivity index is 1.35. The monoisotopic (exact) mass is 768 g/mol. The molecule has 0 aromatic heterocycles. The van der Waals surface area contributed by atoms with Gasteiger partial charge in [-0.2, -0.15) is 0 Å². The number of rotatable bonds is 4. The summed E-state index contributed by atoms with van der Waals surface area (Å²) in [6.45, 7) is 1.34. The van der Waals surface area contributed by atoms with Crippen LogP contribution in [-0.4, -0.2) is 44.3 Å². The number of alkyl halides is 2. The Labute approximate surface area is 306 Å². The summed E-state index contributed by atoms with van der Waals surface area (Å²) in [6.07, 6.45) is 0.765. The molecule has 0 unspecified atom stereocenters. The number of benzene rings is 4. The highest BCUT2D eigenvalue weighted by atomic mass is 35.5. The SMILES string of the molecule is CC(=O)c1ccc(N2C(=O)[C@H]3[C@H](CC=C4[C@H]3C[C@@]3(Cl)C(=O)N(c5c(F)c(F)c(F)c(F)c5F)C(=O)[C@@]3(Cl)[C@H]4c3c(O)ccc4ccccc34)C2=O)cc1. The van der Waals surface area contributed by atoms with Crippen LogP contribution in [0.25, 0.3) is 10.8 Å². The van der Waals surface area contributed by atoms with Crippen molar-refractivity contribution in [3.8, 4) is 5.75 Å². The van der Waals surface area contributed by atoms with Crippen molar-refractivity contribution in [1.82, 2.24) is 0 Å². The molecule has 8 nitrogen and oxygen atoms in total. The highest BCUT2D eigenvalue weighted by Crippen LogP contribution is 2.67. The molecule has 0 bridgehead atoms. The molecule has 1 N–H and O–H groups in total. The van der Waals surface area contributed by atoms with Gasteiger partial charge in [0.2, 0.25) is 17.6 Å². The highest BCUT2D eigenvalue weighted by Gasteiger charge is 2.77. The van der Waals surface area contributed by atoms with E-state index in [-0.39, 0.29) is 33.9 Å². The summed E-state index contributed by atoms with van der Waals surface area (Å²) in [6, 6.07) is 15.1. The van der Waals surface area contributed by atoms with Gasteiger partial charge in [-0.1, -0.05) is 42.0 Å². The number of anilines is 2. The summed E-state index contributed by atoms with van der Waals surface area (Å²) < 4.78 is 73.9. The van der Waals surface area contributed by atoms with Gasteiger partial charge < -0.3 is 5.11 Å². The van der Waals surface area contributed by atoms with Gasteiger partial charge in [-0.05, 0) is 66.8 Å². The lowest BCUT2D eigenvalue weighted by molar-refractivity contribution is -0.125. The van der Waals surface area contributed by atoms with Gasteiger partial charge in [0.1, 0.15) is 11.4 Å². The summed E-state index contributed by atoms with van der Waals surface area (Å²) in [4.78, 5) is 64.3. The van der Waals surface area contributed by atoms with Crippen LogP contribution in [0.2, 0.25) is 0 Å². The molecule has 4 amide bonds. The van der Waals surface area contributed by atoms with E-state index in [1.165, 1.54) is 37.3 Å². The van der Waals surface area contributed by atoms with Gasteiger partial charge in [0.25, 0.3) is 11.8 Å². The molecule has 0 spiro atoms. The third-order valence-electron chi connectivity index (χ3n) is 11.0. The first-order chi connectivity index (χ1) is 25.1. The maximum absolute atomic E-state index is 15.3. The summed E-state index contributed by atoms with van der Waals surface area (Å²) in [5, 5.41) is 12.3. The number of hydrogen-bond donors (Lipinski definition) is 1. The predicted octanol–water partition coefficient (Wildman–Crippen LogP) is 7.21. The molecule has 270 valence electrons. The first kappa shape index (κ1) is 34.9. The van der Waals surface area contributed by atoms with Gasteiger partial charge in [0, 0.05) is 17.0 Å². The third kappa shape index (κ3) is 4.43. The zero-order valence-corrected chi connectivity index (χ0v) is 28.6. The number of aromatic hydroxyl groups is 1. The van der Waals surface area contributed by atoms with E-state index in [2.05, 4.69) is 0 Å². The number of ketones is 1. The van der Waals surface area contributed by atoms with Crippen molar-refractivity contribution < 1.29 is 51.0 Å². The number of nitrogens with zero attached hydrogens (tertiary/aromatic N) is 2. The molecule has 2 aliphatic carbocycles. The second kappa shape index (κ2) is 11.7. The third-order valence-corrected chi connectivity index (χ3v) is 12.4. The van der Waals surface area contributed by atoms with E-state index in [9.17, 15) is 42.3 Å². The number of Topliss-reactive ketones (excluding diaryl/α,β-unsaturated/α-hetero) is 1. The van der Waals surface area contributed by atoms with E-state index in [0.717, 1.165) is 4.90 Å². The fourth-order valence-electron chi connectivity index (χ4n) is 8.57. The van der Waals surface area contributed by atoms with Crippen LogP contribution in [0, 0.1) is 46.8 Å². The van der Waals surface area contributed by atoms with Gasteiger partial charge in [-0.15, -0.1) is 23.2 Å². The number of halogens is 7. The summed E-state index contributed by atoms with van der Waals surface area (Å²) >= 11 is 14.5. The zero-order chi connectivity index (χ0) is 38.0. The number of imide groups is 2. The van der Waals surface area contributed by atoms with Crippen LogP contribution < -0.4 is 9.80 Å². The molecule has 6 atom stereocenters. The molecule has 8 rings (SSSR count). The van der Waals surface area contributed by atoms with Crippen LogP contribution in [0.4, 0.5) is 33.3 Å². The van der Waals surface area contributed by atoms with E-state index < -0.39 is 104 Å². The van der Waals surface area contributed by atoms with E-state index in [1.807, 2.05) is 0 Å². The minimum absolute atomic E-state index is 0.0635. The summed E-state index contributed by atoms with van der Waals surface area (Å²) in [5.74, 6) is -22.8. The van der Waals surface area contributed by atoms with Gasteiger partial charge in [-0.3, -0.25) is 28.9 Å². The number of carbonyl (C=O) groups excluding carboxylic acids is 5. The normalized spacial score (nSPS) is 28.0. The molecular weight excluding hydrogens is 746 g/mol. The minimum Gasteiger partial charge on any atom is -0.508 e. The number of fused-ring (bicyclic) bond motifs is 5. The van der Waals surface area contributed by atoms with Gasteiger partial charge in [-0.25, -0.2) is 26.9 Å². The average molecular weight is 770 g/mol. The van der Waals surface area contributed by atoms with E-state index in [1.54, 1.807) is 36.4 Å². The van der Waals surface area contributed by atoms with Crippen LogP contribution in [0.5, 0.6) is 5.75 Å². The van der Waals surface area contributed by atoms with Crippen LogP contribution in [0.3, 0.4) is 0 Å². The van der Waals surface area contributed by atoms with Crippen molar-refractivity contribution in [3.05, 3.63) is 113 Å². The Hall–Kier alpha value is -5.14. The maximum Gasteiger partial charge on any atom is 0.258 e. The van der Waals surface area contributed by atoms with E-state index in [4.69, 9.17) is 23.2 Å². The fraction of sp³-hybridized carbons (Fsp3) is 0.237. The number of allylic oxidation sites excluding steroid dienone is 2. The molecule has 4 aromatic carbocycles. The lowest BCUT2D eigenvalue weighted by Crippen LogP contribution is -2.60. The smallest absolute Gasteiger partial charge is 0.258 e. The maximum atomic E-state index is 15.3. The van der Waals surface area contributed by atoms with E-state index in [0.29, 0.717) is 16.3 Å². The van der Waals surface area contributed by atoms with Crippen molar-refractivity contribution in [2.75, 3.05) is 9.80 Å². The second-order valence-electron chi connectivity index (χ2n) is 13.5. The largest absolute Gasteiger partial charge is 0.508 e. The molecule has 2 aliphatic heterocycles. The Morgan fingerprint density at radius 2 is 1.40 bits per heavy atom. The van der Waals surface area contributed by atoms with Gasteiger partial charge in [0.15, 0.2) is 38.8 Å². The number of phenolic OH excluding ortho intramolecular Hbond substituents is 1. The van der Waals surface area contributed by atoms with Crippen molar-refractivity contribution in [3.63, 3.8) is 0 Å². The number of hydrogen-bond acceptors (Lipinski definition) is 6. The van der Waals surface area contributed by atoms with Crippen LogP contribution in [0.15, 0.2) is 72.3 Å². The molecule has 2 saturated heterocycles. The highest BCUT2D eigenvalue weighted by molar-refractivity contribution is 6.58. The second-order valence-corrected chi connectivity index (χ2v) is 14.8. The van der Waals surface area contributed by atoms with Gasteiger partial charge in [0.05, 0.1) is 17.5 Å². The lowest BCUT2D eigenvalue weighted by Gasteiger charge is -2.51. The first-order valence-electron chi connectivity index (χ1n) is 16.2. The van der Waals surface area contributed by atoms with Gasteiger partial charge >= 0.3 is 0 Å². The Kier molecular flexibility index (Phi) is 7.69. The fourth-order valence-corrected chi connectivity index (χ4v) is 9.49. The van der Waals surface area contributed by atoms with Crippen molar-refractivity contribution in [1.29, 1.82) is 0 Å². The number of amides is 4. The van der Waals surface area contributed by atoms with Crippen molar-refractivity contribution >= 4 is 74.8 Å². The quantitative estimate of drug-likeness (QED) is 0.0447. The molecule has 1 saturated carbocycles. The molecule has 3 fully saturated rings. The van der Waals surface area contributed by atoms with E-state index >= 15 is 8.78 Å². The molecular formula is C38H23Cl2F5N2O6. The molecule has 4 aromatic rings. The number of carbonyl (C=O) groups is 5. The summed E-state index contributed by atoms with van der Waals surface area (Å²) in [5.41, 5.74) is -1.29. The molecule has 0 radical (unpaired) electrons. The molecule has 53 heavy (non-hydrogen) atoms. The van der Waals surface area contributed by atoms with Crippen molar-refractivity contribution in [2.24, 2.45) is 17.8 Å². The Morgan fingerprint density at radius 1 is 0.774 bits per heavy atom. The van der Waals surface area contributed by atoms with Crippen LogP contribution in [-0.2, 0) is 19.2 Å². The first-order valence-corrected chi connectivity index (χ1v) is 17.0. The van der Waals surface area contributed by atoms with Crippen LogP contribution in [0.1, 0.15) is 41.6 Å².